The van der Waals surface area contributed by atoms with Gasteiger partial charge in [-0.25, -0.2) is 0 Å². The summed E-state index contributed by atoms with van der Waals surface area (Å²) >= 11 is 0. The molecule has 1 saturated heterocycles. The highest BCUT2D eigenvalue weighted by molar-refractivity contribution is 5.97. The van der Waals surface area contributed by atoms with E-state index in [-0.39, 0.29) is 11.8 Å². The van der Waals surface area contributed by atoms with Crippen LogP contribution in [0.25, 0.3) is 0 Å². The van der Waals surface area contributed by atoms with Gasteiger partial charge >= 0.3 is 5.97 Å². The number of carbonyl (C=O) groups excluding carboxylic acids is 3. The molecule has 1 heterocycles. The number of carbonyl (C=O) groups is 3. The van der Waals surface area contributed by atoms with Crippen molar-refractivity contribution < 1.29 is 23.9 Å². The number of hydrogen-bond donors (Lipinski definition) is 0. The van der Waals surface area contributed by atoms with E-state index in [4.69, 9.17) is 9.47 Å². The van der Waals surface area contributed by atoms with E-state index >= 15 is 0 Å². The largest absolute Gasteiger partial charge is 0.496 e. The highest BCUT2D eigenvalue weighted by atomic mass is 16.5. The fourth-order valence-corrected chi connectivity index (χ4v) is 3.36. The summed E-state index contributed by atoms with van der Waals surface area (Å²) in [6.45, 7) is 3.29. The van der Waals surface area contributed by atoms with Gasteiger partial charge < -0.3 is 19.3 Å². The minimum Gasteiger partial charge on any atom is -0.496 e. The molecule has 7 nitrogen and oxygen atoms in total. The van der Waals surface area contributed by atoms with Crippen LogP contribution in [0.1, 0.15) is 34.1 Å². The average Bonchev–Trinajstić information content (AvgIpc) is 2.98. The fraction of sp³-hybridized carbons (Fsp3) is 0.318. The lowest BCUT2D eigenvalue weighted by molar-refractivity contribution is -0.131. The van der Waals surface area contributed by atoms with Crippen molar-refractivity contribution >= 4 is 17.8 Å². The van der Waals surface area contributed by atoms with Crippen LogP contribution in [0.3, 0.4) is 0 Å². The molecule has 3 rings (SSSR count). The van der Waals surface area contributed by atoms with Gasteiger partial charge in [-0.1, -0.05) is 18.2 Å². The Morgan fingerprint density at radius 3 is 2.24 bits per heavy atom. The van der Waals surface area contributed by atoms with Gasteiger partial charge in [0.15, 0.2) is 0 Å². The monoisotopic (exact) mass is 396 g/mol. The zero-order valence-corrected chi connectivity index (χ0v) is 16.6. The lowest BCUT2D eigenvalue weighted by Gasteiger charge is -2.23. The maximum Gasteiger partial charge on any atom is 0.308 e. The smallest absolute Gasteiger partial charge is 0.308 e. The Hall–Kier alpha value is -3.35. The van der Waals surface area contributed by atoms with Gasteiger partial charge in [0.2, 0.25) is 0 Å². The van der Waals surface area contributed by atoms with E-state index in [9.17, 15) is 14.4 Å². The summed E-state index contributed by atoms with van der Waals surface area (Å²) in [6, 6.07) is 13.7. The van der Waals surface area contributed by atoms with Gasteiger partial charge in [-0.2, -0.15) is 0 Å². The zero-order chi connectivity index (χ0) is 20.8. The predicted octanol–water partition coefficient (Wildman–Crippen LogP) is 2.61. The van der Waals surface area contributed by atoms with Crippen LogP contribution >= 0.6 is 0 Å². The Balaban J connectivity index is 1.69. The van der Waals surface area contributed by atoms with E-state index in [1.807, 2.05) is 6.07 Å². The second-order valence-electron chi connectivity index (χ2n) is 6.76. The second kappa shape index (κ2) is 9.23. The molecule has 2 amide bonds. The number of esters is 1. The van der Waals surface area contributed by atoms with Crippen molar-refractivity contribution in [1.82, 2.24) is 9.80 Å². The van der Waals surface area contributed by atoms with E-state index in [2.05, 4.69) is 0 Å². The molecule has 2 aromatic carbocycles. The van der Waals surface area contributed by atoms with Crippen molar-refractivity contribution in [2.45, 2.75) is 13.3 Å². The minimum absolute atomic E-state index is 0.103. The molecule has 0 spiro atoms. The van der Waals surface area contributed by atoms with Crippen LogP contribution in [0.4, 0.5) is 0 Å². The van der Waals surface area contributed by atoms with Crippen LogP contribution in [-0.2, 0) is 4.79 Å². The zero-order valence-electron chi connectivity index (χ0n) is 16.6. The Labute approximate surface area is 169 Å². The summed E-state index contributed by atoms with van der Waals surface area (Å²) < 4.78 is 10.4. The first-order valence-corrected chi connectivity index (χ1v) is 9.49. The number of rotatable bonds is 4. The molecule has 0 radical (unpaired) electrons. The quantitative estimate of drug-likeness (QED) is 0.587. The van der Waals surface area contributed by atoms with E-state index in [0.717, 1.165) is 0 Å². The molecule has 0 bridgehead atoms. The minimum atomic E-state index is -0.435. The first kappa shape index (κ1) is 20.4. The molecule has 0 saturated carbocycles. The van der Waals surface area contributed by atoms with Crippen molar-refractivity contribution in [2.24, 2.45) is 0 Å². The van der Waals surface area contributed by atoms with Gasteiger partial charge in [-0.05, 0) is 36.8 Å². The van der Waals surface area contributed by atoms with Crippen molar-refractivity contribution in [3.63, 3.8) is 0 Å². The van der Waals surface area contributed by atoms with E-state index in [1.165, 1.54) is 6.92 Å². The van der Waals surface area contributed by atoms with E-state index < -0.39 is 5.97 Å². The van der Waals surface area contributed by atoms with Gasteiger partial charge in [0.05, 0.1) is 12.7 Å². The van der Waals surface area contributed by atoms with Gasteiger partial charge in [-0.3, -0.25) is 14.4 Å². The molecule has 0 aromatic heterocycles. The number of methoxy groups -OCH3 is 1. The first-order chi connectivity index (χ1) is 14.0. The molecule has 0 aliphatic carbocycles. The predicted molar refractivity (Wildman–Crippen MR) is 107 cm³/mol. The maximum atomic E-state index is 12.9. The summed E-state index contributed by atoms with van der Waals surface area (Å²) in [5.41, 5.74) is 0.970. The SMILES string of the molecule is COc1ccccc1C(=O)N1CCCN(C(=O)c2cccc(OC(C)=O)c2)CC1. The summed E-state index contributed by atoms with van der Waals surface area (Å²) in [4.78, 5) is 40.4. The Morgan fingerprint density at radius 2 is 1.55 bits per heavy atom. The molecule has 0 unspecified atom stereocenters. The van der Waals surface area contributed by atoms with Crippen molar-refractivity contribution in [3.05, 3.63) is 59.7 Å². The Kier molecular flexibility index (Phi) is 6.49. The molecule has 1 aliphatic rings. The standard InChI is InChI=1S/C22H24N2O5/c1-16(25)29-18-8-5-7-17(15-18)21(26)23-11-6-12-24(14-13-23)22(27)19-9-3-4-10-20(19)28-2/h3-5,7-10,15H,6,11-14H2,1-2H3. The molecule has 7 heteroatoms. The number of ether oxygens (including phenoxy) is 2. The van der Waals surface area contributed by atoms with Crippen molar-refractivity contribution in [1.29, 1.82) is 0 Å². The molecule has 0 N–H and O–H groups in total. The maximum absolute atomic E-state index is 12.9. The molecule has 1 fully saturated rings. The van der Waals surface area contributed by atoms with E-state index in [0.29, 0.717) is 55.2 Å². The normalized spacial score (nSPS) is 14.1. The molecular formula is C22H24N2O5. The van der Waals surface area contributed by atoms with Crippen LogP contribution in [0.5, 0.6) is 11.5 Å². The summed E-state index contributed by atoms with van der Waals surface area (Å²) in [5.74, 6) is 0.192. The number of para-hydroxylation sites is 1. The number of amides is 2. The van der Waals surface area contributed by atoms with Crippen LogP contribution in [0.2, 0.25) is 0 Å². The molecule has 152 valence electrons. The Bertz CT molecular complexity index is 912. The third-order valence-electron chi connectivity index (χ3n) is 4.75. The van der Waals surface area contributed by atoms with Gasteiger partial charge in [0.1, 0.15) is 11.5 Å². The number of benzene rings is 2. The summed E-state index contributed by atoms with van der Waals surface area (Å²) in [5, 5.41) is 0. The van der Waals surface area contributed by atoms with Crippen LogP contribution in [0.15, 0.2) is 48.5 Å². The van der Waals surface area contributed by atoms with Crippen molar-refractivity contribution in [2.75, 3.05) is 33.3 Å². The van der Waals surface area contributed by atoms with Crippen LogP contribution in [-0.4, -0.2) is 60.9 Å². The van der Waals surface area contributed by atoms with Gasteiger partial charge in [-0.15, -0.1) is 0 Å². The lowest BCUT2D eigenvalue weighted by atomic mass is 10.1. The van der Waals surface area contributed by atoms with Gasteiger partial charge in [0, 0.05) is 38.7 Å². The highest BCUT2D eigenvalue weighted by Gasteiger charge is 2.25. The highest BCUT2D eigenvalue weighted by Crippen LogP contribution is 2.21. The molecule has 0 atom stereocenters. The topological polar surface area (TPSA) is 76.2 Å². The molecule has 29 heavy (non-hydrogen) atoms. The fourth-order valence-electron chi connectivity index (χ4n) is 3.36. The summed E-state index contributed by atoms with van der Waals surface area (Å²) in [7, 11) is 1.54. The third kappa shape index (κ3) is 4.93. The van der Waals surface area contributed by atoms with Gasteiger partial charge in [0.25, 0.3) is 11.8 Å². The molecule has 2 aromatic rings. The van der Waals surface area contributed by atoms with Crippen LogP contribution in [0, 0.1) is 0 Å². The average molecular weight is 396 g/mol. The molecular weight excluding hydrogens is 372 g/mol. The Morgan fingerprint density at radius 1 is 0.862 bits per heavy atom. The van der Waals surface area contributed by atoms with Crippen LogP contribution < -0.4 is 9.47 Å². The van der Waals surface area contributed by atoms with Crippen molar-refractivity contribution in [3.8, 4) is 11.5 Å². The number of nitrogens with zero attached hydrogens (tertiary/aromatic N) is 2. The van der Waals surface area contributed by atoms with E-state index in [1.54, 1.807) is 59.4 Å². The third-order valence-corrected chi connectivity index (χ3v) is 4.75. The first-order valence-electron chi connectivity index (χ1n) is 9.49. The second-order valence-corrected chi connectivity index (χ2v) is 6.76. The molecule has 1 aliphatic heterocycles. The summed E-state index contributed by atoms with van der Waals surface area (Å²) in [6.07, 6.45) is 0.677. The number of hydrogen-bond acceptors (Lipinski definition) is 5. The lowest BCUT2D eigenvalue weighted by Crippen LogP contribution is -2.37.